The Hall–Kier alpha value is -2.16. The lowest BCUT2D eigenvalue weighted by Gasteiger charge is -2.38. The number of alkyl halides is 3. The third-order valence-electron chi connectivity index (χ3n) is 5.81. The molecule has 2 aliphatic rings. The van der Waals surface area contributed by atoms with Gasteiger partial charge in [-0.05, 0) is 55.8 Å². The Kier molecular flexibility index (Phi) is 8.45. The molecule has 9 heteroatoms. The van der Waals surface area contributed by atoms with Gasteiger partial charge in [0.25, 0.3) is 0 Å². The number of carbonyl (C=O) groups is 2. The normalized spacial score (nSPS) is 22.4. The molecule has 1 amide bonds. The van der Waals surface area contributed by atoms with Crippen molar-refractivity contribution in [1.29, 1.82) is 0 Å². The number of carboxylic acid groups (broad SMARTS) is 1. The molecule has 1 unspecified atom stereocenters. The van der Waals surface area contributed by atoms with E-state index in [1.165, 1.54) is 12.1 Å². The highest BCUT2D eigenvalue weighted by Crippen LogP contribution is 2.40. The molecule has 3 rings (SSSR count). The molecule has 1 spiro atoms. The van der Waals surface area contributed by atoms with E-state index in [0.29, 0.717) is 18.9 Å². The van der Waals surface area contributed by atoms with Crippen LogP contribution in [0.5, 0.6) is 0 Å². The van der Waals surface area contributed by atoms with Gasteiger partial charge in [0.15, 0.2) is 0 Å². The van der Waals surface area contributed by atoms with Gasteiger partial charge in [0.1, 0.15) is 5.82 Å². The van der Waals surface area contributed by atoms with Crippen molar-refractivity contribution in [1.82, 2.24) is 9.80 Å². The van der Waals surface area contributed by atoms with Crippen LogP contribution < -0.4 is 0 Å². The lowest BCUT2D eigenvalue weighted by molar-refractivity contribution is -0.192. The van der Waals surface area contributed by atoms with Crippen LogP contribution in [0.15, 0.2) is 24.3 Å². The van der Waals surface area contributed by atoms with E-state index in [0.717, 1.165) is 50.9 Å². The Morgan fingerprint density at radius 1 is 1.13 bits per heavy atom. The number of nitrogens with zero attached hydrogens (tertiary/aromatic N) is 2. The second-order valence-electron chi connectivity index (χ2n) is 8.68. The summed E-state index contributed by atoms with van der Waals surface area (Å²) in [5.41, 5.74) is 1.03. The highest BCUT2D eigenvalue weighted by Gasteiger charge is 2.45. The van der Waals surface area contributed by atoms with Crippen LogP contribution in [0, 0.1) is 11.7 Å². The first kappa shape index (κ1) is 25.1. The number of hydrogen-bond donors (Lipinski definition) is 1. The van der Waals surface area contributed by atoms with Crippen molar-refractivity contribution in [3.63, 3.8) is 0 Å². The van der Waals surface area contributed by atoms with Crippen LogP contribution in [-0.4, -0.2) is 58.1 Å². The first-order valence-electron chi connectivity index (χ1n) is 10.5. The number of aliphatic carboxylic acids is 1. The molecular formula is C22H30F4N2O3. The fourth-order valence-corrected chi connectivity index (χ4v) is 4.36. The molecule has 31 heavy (non-hydrogen) atoms. The second-order valence-corrected chi connectivity index (χ2v) is 8.68. The van der Waals surface area contributed by atoms with Gasteiger partial charge in [0, 0.05) is 31.6 Å². The first-order valence-corrected chi connectivity index (χ1v) is 10.5. The van der Waals surface area contributed by atoms with Crippen LogP contribution in [0.4, 0.5) is 17.6 Å². The number of rotatable bonds is 4. The summed E-state index contributed by atoms with van der Waals surface area (Å²) >= 11 is 0. The van der Waals surface area contributed by atoms with Gasteiger partial charge in [-0.3, -0.25) is 4.79 Å². The molecule has 0 aromatic heterocycles. The fourth-order valence-electron chi connectivity index (χ4n) is 4.36. The summed E-state index contributed by atoms with van der Waals surface area (Å²) in [6.07, 6.45) is -0.144. The molecule has 174 valence electrons. The lowest BCUT2D eigenvalue weighted by Crippen LogP contribution is -2.46. The maximum atomic E-state index is 13.1. The van der Waals surface area contributed by atoms with Crippen LogP contribution in [-0.2, 0) is 16.1 Å². The minimum absolute atomic E-state index is 0.0111. The topological polar surface area (TPSA) is 60.9 Å². The monoisotopic (exact) mass is 446 g/mol. The number of benzene rings is 1. The molecule has 2 fully saturated rings. The highest BCUT2D eigenvalue weighted by atomic mass is 19.4. The van der Waals surface area contributed by atoms with E-state index in [-0.39, 0.29) is 17.3 Å². The van der Waals surface area contributed by atoms with Gasteiger partial charge in [-0.15, -0.1) is 0 Å². The Morgan fingerprint density at radius 2 is 1.74 bits per heavy atom. The van der Waals surface area contributed by atoms with E-state index < -0.39 is 12.1 Å². The van der Waals surface area contributed by atoms with Crippen molar-refractivity contribution in [2.45, 2.75) is 64.2 Å². The molecule has 0 radical (unpaired) electrons. The van der Waals surface area contributed by atoms with Gasteiger partial charge < -0.3 is 14.9 Å². The number of carbonyl (C=O) groups excluding carboxylic acids is 1. The molecule has 2 heterocycles. The van der Waals surface area contributed by atoms with Crippen LogP contribution in [0.3, 0.4) is 0 Å². The fraction of sp³-hybridized carbons (Fsp3) is 0.636. The summed E-state index contributed by atoms with van der Waals surface area (Å²) in [6.45, 7) is 8.50. The predicted molar refractivity (Wildman–Crippen MR) is 108 cm³/mol. The molecule has 0 aliphatic carbocycles. The number of halogens is 4. The molecule has 0 bridgehead atoms. The molecule has 2 aliphatic heterocycles. The second kappa shape index (κ2) is 10.4. The minimum atomic E-state index is -5.08. The quantitative estimate of drug-likeness (QED) is 0.694. The standard InChI is InChI=1S/C20H29FN2O.C2HF3O2/c1-16(2)14-22-12-3-9-20(11-13-22)10-8-19(24)23(20)15-17-4-6-18(21)7-5-17;3-2(4,5)1(6)7/h4-7,16H,3,8-15H2,1-2H3;(H,6,7). The maximum Gasteiger partial charge on any atom is 0.490 e. The van der Waals surface area contributed by atoms with Crippen molar-refractivity contribution in [3.8, 4) is 0 Å². The van der Waals surface area contributed by atoms with E-state index in [1.807, 2.05) is 0 Å². The summed E-state index contributed by atoms with van der Waals surface area (Å²) in [6, 6.07) is 6.58. The molecule has 0 saturated carbocycles. The Balaban J connectivity index is 0.000000423. The lowest BCUT2D eigenvalue weighted by atomic mass is 9.87. The van der Waals surface area contributed by atoms with Crippen LogP contribution in [0.2, 0.25) is 0 Å². The van der Waals surface area contributed by atoms with E-state index in [1.54, 1.807) is 12.1 Å². The van der Waals surface area contributed by atoms with E-state index >= 15 is 0 Å². The van der Waals surface area contributed by atoms with Crippen molar-refractivity contribution in [3.05, 3.63) is 35.6 Å². The Labute approximate surface area is 180 Å². The number of hydrogen-bond acceptors (Lipinski definition) is 3. The molecule has 1 atom stereocenters. The van der Waals surface area contributed by atoms with Crippen molar-refractivity contribution in [2.75, 3.05) is 19.6 Å². The van der Waals surface area contributed by atoms with E-state index in [2.05, 4.69) is 23.6 Å². The molecular weight excluding hydrogens is 416 g/mol. The molecule has 5 nitrogen and oxygen atoms in total. The van der Waals surface area contributed by atoms with Gasteiger partial charge in [0.2, 0.25) is 5.91 Å². The third-order valence-corrected chi connectivity index (χ3v) is 5.81. The summed E-state index contributed by atoms with van der Waals surface area (Å²) in [5.74, 6) is -2.04. The van der Waals surface area contributed by atoms with E-state index in [4.69, 9.17) is 9.90 Å². The number of amides is 1. The Morgan fingerprint density at radius 3 is 2.29 bits per heavy atom. The molecule has 1 N–H and O–H groups in total. The summed E-state index contributed by atoms with van der Waals surface area (Å²) in [4.78, 5) is 26.1. The molecule has 2 saturated heterocycles. The van der Waals surface area contributed by atoms with Crippen LogP contribution >= 0.6 is 0 Å². The van der Waals surface area contributed by atoms with Crippen molar-refractivity contribution in [2.24, 2.45) is 5.92 Å². The van der Waals surface area contributed by atoms with Gasteiger partial charge in [-0.2, -0.15) is 13.2 Å². The van der Waals surface area contributed by atoms with Gasteiger partial charge in [-0.25, -0.2) is 9.18 Å². The minimum Gasteiger partial charge on any atom is -0.475 e. The van der Waals surface area contributed by atoms with E-state index in [9.17, 15) is 22.4 Å². The molecule has 1 aromatic carbocycles. The summed E-state index contributed by atoms with van der Waals surface area (Å²) in [7, 11) is 0. The maximum absolute atomic E-state index is 13.1. The zero-order valence-electron chi connectivity index (χ0n) is 17.9. The smallest absolute Gasteiger partial charge is 0.475 e. The van der Waals surface area contributed by atoms with Gasteiger partial charge in [-0.1, -0.05) is 26.0 Å². The third kappa shape index (κ3) is 7.19. The number of carboxylic acids is 1. The van der Waals surface area contributed by atoms with Crippen molar-refractivity contribution >= 4 is 11.9 Å². The largest absolute Gasteiger partial charge is 0.490 e. The zero-order chi connectivity index (χ0) is 23.2. The molecule has 1 aromatic rings. The average molecular weight is 446 g/mol. The predicted octanol–water partition coefficient (Wildman–Crippen LogP) is 4.46. The Bertz CT molecular complexity index is 752. The summed E-state index contributed by atoms with van der Waals surface area (Å²) < 4.78 is 44.9. The van der Waals surface area contributed by atoms with Gasteiger partial charge in [0.05, 0.1) is 0 Å². The van der Waals surface area contributed by atoms with Crippen LogP contribution in [0.1, 0.15) is 51.5 Å². The first-order chi connectivity index (χ1) is 14.4. The average Bonchev–Trinajstić information content (AvgIpc) is 2.84. The van der Waals surface area contributed by atoms with Crippen LogP contribution in [0.25, 0.3) is 0 Å². The highest BCUT2D eigenvalue weighted by molar-refractivity contribution is 5.79. The zero-order valence-corrected chi connectivity index (χ0v) is 17.9. The van der Waals surface area contributed by atoms with Gasteiger partial charge >= 0.3 is 12.1 Å². The van der Waals surface area contributed by atoms with Crippen molar-refractivity contribution < 1.29 is 32.3 Å². The SMILES string of the molecule is CC(C)CN1CCCC2(CCC(=O)N2Cc2ccc(F)cc2)CC1.O=C(O)C(F)(F)F. The number of likely N-dealkylation sites (tertiary alicyclic amines) is 2. The summed E-state index contributed by atoms with van der Waals surface area (Å²) in [5, 5.41) is 7.12.